The minimum Gasteiger partial charge on any atom is -0.324 e. The van der Waals surface area contributed by atoms with Crippen LogP contribution in [0.15, 0.2) is 36.4 Å². The minimum atomic E-state index is -0.704. The minimum absolute atomic E-state index is 0.199. The predicted octanol–water partition coefficient (Wildman–Crippen LogP) is 2.00. The molecular formula is C18H15F2N3O2. The van der Waals surface area contributed by atoms with Crippen LogP contribution in [-0.2, 0) is 4.79 Å². The molecule has 0 aliphatic carbocycles. The average Bonchev–Trinajstić information content (AvgIpc) is 2.71. The number of carbonyl (C=O) groups is 2. The molecule has 4 rings (SSSR count). The van der Waals surface area contributed by atoms with E-state index in [1.54, 1.807) is 18.2 Å². The van der Waals surface area contributed by atoms with Crippen molar-refractivity contribution in [1.29, 1.82) is 0 Å². The van der Waals surface area contributed by atoms with Gasteiger partial charge in [-0.2, -0.15) is 0 Å². The summed E-state index contributed by atoms with van der Waals surface area (Å²) in [7, 11) is 0. The number of anilines is 1. The van der Waals surface area contributed by atoms with Gasteiger partial charge in [0, 0.05) is 31.3 Å². The van der Waals surface area contributed by atoms with E-state index in [0.29, 0.717) is 36.4 Å². The molecule has 0 bridgehead atoms. The summed E-state index contributed by atoms with van der Waals surface area (Å²) in [5, 5.41) is 5.86. The molecule has 7 heteroatoms. The van der Waals surface area contributed by atoms with E-state index in [9.17, 15) is 18.4 Å². The normalized spacial score (nSPS) is 19.8. The van der Waals surface area contributed by atoms with Crippen LogP contribution in [0.5, 0.6) is 0 Å². The van der Waals surface area contributed by atoms with E-state index in [2.05, 4.69) is 10.6 Å². The van der Waals surface area contributed by atoms with Gasteiger partial charge in [0.15, 0.2) is 0 Å². The van der Waals surface area contributed by atoms with Gasteiger partial charge in [0.05, 0.1) is 11.3 Å². The third kappa shape index (κ3) is 2.66. The van der Waals surface area contributed by atoms with Crippen LogP contribution in [0, 0.1) is 11.6 Å². The molecule has 2 aromatic carbocycles. The largest absolute Gasteiger partial charge is 0.324 e. The van der Waals surface area contributed by atoms with Gasteiger partial charge < -0.3 is 15.5 Å². The van der Waals surface area contributed by atoms with Crippen LogP contribution in [0.25, 0.3) is 11.1 Å². The standard InChI is InChI=1S/C18H15F2N3O2/c19-11-2-3-12(14(20)8-11)10-1-4-15-13(7-10)18(25)23-6-5-21-9-16(23)17(24)22-15/h1-4,7-8,16,21H,5-6,9H2,(H,22,24)/t16-/m0/s1. The molecule has 128 valence electrons. The maximum absolute atomic E-state index is 14.1. The Hall–Kier alpha value is -2.80. The van der Waals surface area contributed by atoms with Gasteiger partial charge in [-0.3, -0.25) is 9.59 Å². The number of nitrogens with one attached hydrogen (secondary N) is 2. The summed E-state index contributed by atoms with van der Waals surface area (Å²) in [5.41, 5.74) is 1.35. The molecule has 0 saturated carbocycles. The lowest BCUT2D eigenvalue weighted by molar-refractivity contribution is -0.120. The van der Waals surface area contributed by atoms with Crippen molar-refractivity contribution in [3.8, 4) is 11.1 Å². The lowest BCUT2D eigenvalue weighted by atomic mass is 10.0. The molecular weight excluding hydrogens is 328 g/mol. The van der Waals surface area contributed by atoms with E-state index >= 15 is 0 Å². The summed E-state index contributed by atoms with van der Waals surface area (Å²) in [6, 6.07) is 7.45. The molecule has 2 aliphatic rings. The molecule has 1 fully saturated rings. The highest BCUT2D eigenvalue weighted by molar-refractivity contribution is 6.10. The molecule has 25 heavy (non-hydrogen) atoms. The second-order valence-electron chi connectivity index (χ2n) is 6.09. The Kier molecular flexibility index (Phi) is 3.73. The summed E-state index contributed by atoms with van der Waals surface area (Å²) in [6.45, 7) is 1.42. The lowest BCUT2D eigenvalue weighted by Crippen LogP contribution is -2.57. The van der Waals surface area contributed by atoms with Crippen molar-refractivity contribution < 1.29 is 18.4 Å². The number of halogens is 2. The van der Waals surface area contributed by atoms with Gasteiger partial charge >= 0.3 is 0 Å². The zero-order valence-corrected chi connectivity index (χ0v) is 13.2. The Bertz CT molecular complexity index is 885. The highest BCUT2D eigenvalue weighted by atomic mass is 19.1. The van der Waals surface area contributed by atoms with Crippen molar-refractivity contribution in [2.75, 3.05) is 25.0 Å². The number of piperazine rings is 1. The number of nitrogens with zero attached hydrogens (tertiary/aromatic N) is 1. The molecule has 1 saturated heterocycles. The highest BCUT2D eigenvalue weighted by Crippen LogP contribution is 2.30. The van der Waals surface area contributed by atoms with Crippen molar-refractivity contribution in [1.82, 2.24) is 10.2 Å². The Balaban J connectivity index is 1.80. The van der Waals surface area contributed by atoms with E-state index in [4.69, 9.17) is 0 Å². The molecule has 2 aromatic rings. The van der Waals surface area contributed by atoms with Crippen LogP contribution in [0.4, 0.5) is 14.5 Å². The number of amides is 2. The average molecular weight is 343 g/mol. The van der Waals surface area contributed by atoms with Crippen LogP contribution in [0.1, 0.15) is 10.4 Å². The van der Waals surface area contributed by atoms with Crippen molar-refractivity contribution in [2.45, 2.75) is 6.04 Å². The van der Waals surface area contributed by atoms with Crippen LogP contribution < -0.4 is 10.6 Å². The zero-order chi connectivity index (χ0) is 17.6. The van der Waals surface area contributed by atoms with Crippen molar-refractivity contribution in [3.05, 3.63) is 53.6 Å². The van der Waals surface area contributed by atoms with Gasteiger partial charge in [-0.05, 0) is 29.8 Å². The first kappa shape index (κ1) is 15.7. The number of hydrogen-bond donors (Lipinski definition) is 2. The molecule has 2 N–H and O–H groups in total. The second kappa shape index (κ2) is 5.93. The van der Waals surface area contributed by atoms with E-state index in [1.807, 2.05) is 0 Å². The number of fused-ring (bicyclic) bond motifs is 2. The Morgan fingerprint density at radius 2 is 1.88 bits per heavy atom. The number of benzene rings is 2. The summed E-state index contributed by atoms with van der Waals surface area (Å²) in [6.07, 6.45) is 0. The quantitative estimate of drug-likeness (QED) is 0.833. The molecule has 1 atom stereocenters. The molecule has 0 unspecified atom stereocenters. The molecule has 2 heterocycles. The number of carbonyl (C=O) groups excluding carboxylic acids is 2. The van der Waals surface area contributed by atoms with Crippen molar-refractivity contribution in [3.63, 3.8) is 0 Å². The smallest absolute Gasteiger partial charge is 0.256 e. The van der Waals surface area contributed by atoms with Gasteiger partial charge in [0.1, 0.15) is 17.7 Å². The van der Waals surface area contributed by atoms with Crippen molar-refractivity contribution in [2.24, 2.45) is 0 Å². The molecule has 2 aliphatic heterocycles. The second-order valence-corrected chi connectivity index (χ2v) is 6.09. The third-order valence-electron chi connectivity index (χ3n) is 4.56. The highest BCUT2D eigenvalue weighted by Gasteiger charge is 2.36. The maximum Gasteiger partial charge on any atom is 0.256 e. The molecule has 2 amide bonds. The van der Waals surface area contributed by atoms with Gasteiger partial charge in [-0.1, -0.05) is 6.07 Å². The fraction of sp³-hybridized carbons (Fsp3) is 0.222. The topological polar surface area (TPSA) is 61.4 Å². The molecule has 0 spiro atoms. The predicted molar refractivity (Wildman–Crippen MR) is 88.1 cm³/mol. The summed E-state index contributed by atoms with van der Waals surface area (Å²) in [5.74, 6) is -1.89. The summed E-state index contributed by atoms with van der Waals surface area (Å²) in [4.78, 5) is 26.8. The first-order valence-electron chi connectivity index (χ1n) is 7.96. The molecule has 0 aromatic heterocycles. The summed E-state index contributed by atoms with van der Waals surface area (Å²) >= 11 is 0. The van der Waals surface area contributed by atoms with E-state index in [1.165, 1.54) is 17.0 Å². The van der Waals surface area contributed by atoms with Crippen molar-refractivity contribution >= 4 is 17.5 Å². The van der Waals surface area contributed by atoms with E-state index in [0.717, 1.165) is 6.07 Å². The Labute approximate surface area is 142 Å². The molecule has 0 radical (unpaired) electrons. The number of hydrogen-bond acceptors (Lipinski definition) is 3. The van der Waals surface area contributed by atoms with Crippen LogP contribution in [0.2, 0.25) is 0 Å². The Morgan fingerprint density at radius 1 is 1.04 bits per heavy atom. The zero-order valence-electron chi connectivity index (χ0n) is 13.2. The SMILES string of the molecule is O=C1Nc2ccc(-c3ccc(F)cc3F)cc2C(=O)N2CCNC[C@@H]12. The first-order valence-corrected chi connectivity index (χ1v) is 7.96. The fourth-order valence-electron chi connectivity index (χ4n) is 3.27. The van der Waals surface area contributed by atoms with Crippen LogP contribution >= 0.6 is 0 Å². The summed E-state index contributed by atoms with van der Waals surface area (Å²) < 4.78 is 27.2. The monoisotopic (exact) mass is 343 g/mol. The third-order valence-corrected chi connectivity index (χ3v) is 4.56. The molecule has 5 nitrogen and oxygen atoms in total. The van der Waals surface area contributed by atoms with Gasteiger partial charge in [0.2, 0.25) is 5.91 Å². The van der Waals surface area contributed by atoms with Gasteiger partial charge in [0.25, 0.3) is 5.91 Å². The maximum atomic E-state index is 14.1. The van der Waals surface area contributed by atoms with Crippen LogP contribution in [-0.4, -0.2) is 42.4 Å². The van der Waals surface area contributed by atoms with E-state index in [-0.39, 0.29) is 17.4 Å². The van der Waals surface area contributed by atoms with Crippen LogP contribution in [0.3, 0.4) is 0 Å². The van der Waals surface area contributed by atoms with E-state index < -0.39 is 17.7 Å². The first-order chi connectivity index (χ1) is 12.0. The van der Waals surface area contributed by atoms with Gasteiger partial charge in [-0.25, -0.2) is 8.78 Å². The lowest BCUT2D eigenvalue weighted by Gasteiger charge is -2.33. The Morgan fingerprint density at radius 3 is 2.68 bits per heavy atom. The fourth-order valence-corrected chi connectivity index (χ4v) is 3.27. The van der Waals surface area contributed by atoms with Gasteiger partial charge in [-0.15, -0.1) is 0 Å². The number of rotatable bonds is 1.